The van der Waals surface area contributed by atoms with Gasteiger partial charge in [-0.25, -0.2) is 4.98 Å². The Morgan fingerprint density at radius 1 is 1.06 bits per heavy atom. The van der Waals surface area contributed by atoms with Crippen molar-refractivity contribution in [2.45, 2.75) is 47.2 Å². The molecule has 0 aromatic carbocycles. The highest BCUT2D eigenvalue weighted by molar-refractivity contribution is 5.05. The molecular formula is C11H19F3N2. The molecule has 2 nitrogen and oxygen atoms in total. The van der Waals surface area contributed by atoms with E-state index in [1.807, 2.05) is 27.7 Å². The van der Waals surface area contributed by atoms with Crippen molar-refractivity contribution in [3.63, 3.8) is 0 Å². The summed E-state index contributed by atoms with van der Waals surface area (Å²) in [7, 11) is 0. The molecule has 1 heterocycles. The molecule has 5 heteroatoms. The van der Waals surface area contributed by atoms with Gasteiger partial charge in [0.2, 0.25) is 0 Å². The molecule has 0 aliphatic heterocycles. The summed E-state index contributed by atoms with van der Waals surface area (Å²) in [6.45, 7) is 9.73. The minimum absolute atomic E-state index is 0.352. The molecule has 0 radical (unpaired) electrons. The Balaban J connectivity index is 0. The molecule has 0 amide bonds. The summed E-state index contributed by atoms with van der Waals surface area (Å²) >= 11 is 0. The van der Waals surface area contributed by atoms with E-state index in [1.54, 1.807) is 6.92 Å². The van der Waals surface area contributed by atoms with Crippen molar-refractivity contribution in [1.29, 1.82) is 0 Å². The van der Waals surface area contributed by atoms with Gasteiger partial charge in [-0.3, -0.25) is 4.98 Å². The van der Waals surface area contributed by atoms with Gasteiger partial charge in [-0.15, -0.1) is 0 Å². The first-order chi connectivity index (χ1) is 7.54. The zero-order chi connectivity index (χ0) is 13.2. The smallest absolute Gasteiger partial charge is 0.261 e. The second-order valence-corrected chi connectivity index (χ2v) is 2.25. The second kappa shape index (κ2) is 9.12. The fourth-order valence-electron chi connectivity index (χ4n) is 0.713. The normalized spacial score (nSPS) is 9.50. The molecule has 1 aromatic rings. The van der Waals surface area contributed by atoms with Crippen LogP contribution in [-0.2, 0) is 12.6 Å². The third-order valence-electron chi connectivity index (χ3n) is 1.34. The van der Waals surface area contributed by atoms with Gasteiger partial charge in [0.25, 0.3) is 0 Å². The van der Waals surface area contributed by atoms with Crippen molar-refractivity contribution < 1.29 is 13.2 Å². The number of rotatable bonds is 1. The van der Waals surface area contributed by atoms with Crippen LogP contribution in [0.3, 0.4) is 0 Å². The summed E-state index contributed by atoms with van der Waals surface area (Å²) in [5.41, 5.74) is -0.577. The topological polar surface area (TPSA) is 25.8 Å². The van der Waals surface area contributed by atoms with Crippen molar-refractivity contribution in [3.05, 3.63) is 23.8 Å². The highest BCUT2D eigenvalue weighted by atomic mass is 19.4. The molecule has 0 aliphatic rings. The van der Waals surface area contributed by atoms with Gasteiger partial charge in [0.15, 0.2) is 5.69 Å². The number of hydrogen-bond donors (Lipinski definition) is 0. The molecular weight excluding hydrogens is 217 g/mol. The van der Waals surface area contributed by atoms with Crippen LogP contribution in [0.2, 0.25) is 0 Å². The lowest BCUT2D eigenvalue weighted by atomic mass is 10.3. The van der Waals surface area contributed by atoms with E-state index in [0.29, 0.717) is 12.1 Å². The Bertz CT molecular complexity index is 272. The van der Waals surface area contributed by atoms with Gasteiger partial charge in [-0.1, -0.05) is 34.6 Å². The van der Waals surface area contributed by atoms with E-state index < -0.39 is 11.9 Å². The minimum atomic E-state index is -4.39. The van der Waals surface area contributed by atoms with Crippen molar-refractivity contribution >= 4 is 0 Å². The Morgan fingerprint density at radius 3 is 1.94 bits per heavy atom. The van der Waals surface area contributed by atoms with Gasteiger partial charge in [-0.05, 0) is 6.42 Å². The van der Waals surface area contributed by atoms with Gasteiger partial charge < -0.3 is 0 Å². The van der Waals surface area contributed by atoms with Gasteiger partial charge in [0.1, 0.15) is 0 Å². The van der Waals surface area contributed by atoms with Gasteiger partial charge in [0, 0.05) is 6.20 Å². The van der Waals surface area contributed by atoms with Crippen LogP contribution in [0.4, 0.5) is 13.2 Å². The number of hydrogen-bond acceptors (Lipinski definition) is 2. The Morgan fingerprint density at radius 2 is 1.56 bits per heavy atom. The molecule has 0 aliphatic carbocycles. The van der Waals surface area contributed by atoms with E-state index in [-0.39, 0.29) is 0 Å². The molecule has 0 bridgehead atoms. The fraction of sp³-hybridized carbons (Fsp3) is 0.636. The predicted molar refractivity (Wildman–Crippen MR) is 59.1 cm³/mol. The van der Waals surface area contributed by atoms with Gasteiger partial charge in [-0.2, -0.15) is 13.2 Å². The van der Waals surface area contributed by atoms with Crippen LogP contribution in [0, 0.1) is 0 Å². The molecule has 0 unspecified atom stereocenters. The number of aromatic nitrogens is 2. The highest BCUT2D eigenvalue weighted by Crippen LogP contribution is 2.26. The lowest BCUT2D eigenvalue weighted by molar-refractivity contribution is -0.141. The molecule has 16 heavy (non-hydrogen) atoms. The van der Waals surface area contributed by atoms with Gasteiger partial charge in [0.05, 0.1) is 11.9 Å². The van der Waals surface area contributed by atoms with Crippen LogP contribution in [0.1, 0.15) is 46.0 Å². The monoisotopic (exact) mass is 236 g/mol. The van der Waals surface area contributed by atoms with Crippen LogP contribution < -0.4 is 0 Å². The van der Waals surface area contributed by atoms with Crippen molar-refractivity contribution in [2.24, 2.45) is 0 Å². The largest absolute Gasteiger partial charge is 0.434 e. The summed E-state index contributed by atoms with van der Waals surface area (Å²) in [5.74, 6) is 0. The van der Waals surface area contributed by atoms with E-state index in [2.05, 4.69) is 9.97 Å². The highest BCUT2D eigenvalue weighted by Gasteiger charge is 2.32. The summed E-state index contributed by atoms with van der Waals surface area (Å²) in [5, 5.41) is 0. The zero-order valence-corrected chi connectivity index (χ0v) is 10.4. The third kappa shape index (κ3) is 6.37. The lowest BCUT2D eigenvalue weighted by Crippen LogP contribution is -2.09. The third-order valence-corrected chi connectivity index (χ3v) is 1.34. The predicted octanol–water partition coefficient (Wildman–Crippen LogP) is 4.11. The summed E-state index contributed by atoms with van der Waals surface area (Å²) < 4.78 is 36.0. The van der Waals surface area contributed by atoms with Crippen LogP contribution >= 0.6 is 0 Å². The number of nitrogens with zero attached hydrogens (tertiary/aromatic N) is 2. The number of halogens is 3. The lowest BCUT2D eigenvalue weighted by Gasteiger charge is -2.05. The maximum atomic E-state index is 12.0. The fourth-order valence-corrected chi connectivity index (χ4v) is 0.713. The number of aryl methyl sites for hydroxylation is 1. The van der Waals surface area contributed by atoms with Crippen LogP contribution in [-0.4, -0.2) is 9.97 Å². The minimum Gasteiger partial charge on any atom is -0.261 e. The maximum absolute atomic E-state index is 12.0. The van der Waals surface area contributed by atoms with E-state index in [4.69, 9.17) is 0 Å². The maximum Gasteiger partial charge on any atom is 0.434 e. The van der Waals surface area contributed by atoms with Gasteiger partial charge >= 0.3 is 6.18 Å². The quantitative estimate of drug-likeness (QED) is 0.733. The first kappa shape index (κ1) is 17.3. The van der Waals surface area contributed by atoms with Crippen molar-refractivity contribution in [3.8, 4) is 0 Å². The molecule has 0 fully saturated rings. The Kier molecular flexibility index (Phi) is 9.85. The average Bonchev–Trinajstić information content (AvgIpc) is 2.33. The van der Waals surface area contributed by atoms with Crippen LogP contribution in [0.15, 0.2) is 12.4 Å². The molecule has 0 spiro atoms. The van der Waals surface area contributed by atoms with E-state index in [9.17, 15) is 13.2 Å². The van der Waals surface area contributed by atoms with Crippen LogP contribution in [0.25, 0.3) is 0 Å². The first-order valence-electron chi connectivity index (χ1n) is 5.42. The molecule has 1 aromatic heterocycles. The molecule has 0 saturated carbocycles. The summed E-state index contributed by atoms with van der Waals surface area (Å²) in [6, 6.07) is 0. The molecule has 0 atom stereocenters. The molecule has 0 saturated heterocycles. The van der Waals surface area contributed by atoms with Crippen molar-refractivity contribution in [1.82, 2.24) is 9.97 Å². The first-order valence-corrected chi connectivity index (χ1v) is 5.42. The summed E-state index contributed by atoms with van der Waals surface area (Å²) in [6.07, 6.45) is -1.89. The molecule has 0 N–H and O–H groups in total. The Hall–Kier alpha value is -1.13. The SMILES string of the molecule is CC.CC.CCc1cncc(C(F)(F)F)n1. The molecule has 94 valence electrons. The summed E-state index contributed by atoms with van der Waals surface area (Å²) in [4.78, 5) is 6.81. The Labute approximate surface area is 94.9 Å². The zero-order valence-electron chi connectivity index (χ0n) is 10.4. The standard InChI is InChI=1S/C7H7F3N2.2C2H6/c1-2-5-3-11-4-6(12-5)7(8,9)10;2*1-2/h3-4H,2H2,1H3;2*1-2H3. The van der Waals surface area contributed by atoms with Crippen molar-refractivity contribution in [2.75, 3.05) is 0 Å². The average molecular weight is 236 g/mol. The molecule has 1 rings (SSSR count). The van der Waals surface area contributed by atoms with E-state index in [1.165, 1.54) is 6.20 Å². The second-order valence-electron chi connectivity index (χ2n) is 2.25. The number of alkyl halides is 3. The van der Waals surface area contributed by atoms with E-state index >= 15 is 0 Å². The van der Waals surface area contributed by atoms with Crippen LogP contribution in [0.5, 0.6) is 0 Å². The van der Waals surface area contributed by atoms with E-state index in [0.717, 1.165) is 6.20 Å².